The smallest absolute Gasteiger partial charge is 0.317 e. The number of nitrogens with two attached hydrogens (primary N) is 1. The third-order valence-corrected chi connectivity index (χ3v) is 1.83. The van der Waals surface area contributed by atoms with E-state index in [1.807, 2.05) is 24.3 Å². The molecule has 0 heterocycles. The van der Waals surface area contributed by atoms with E-state index in [0.29, 0.717) is 6.54 Å². The first-order chi connectivity index (χ1) is 6.59. The number of urea groups is 1. The summed E-state index contributed by atoms with van der Waals surface area (Å²) in [5.74, 6) is 0. The minimum Gasteiger partial charge on any atom is -0.399 e. The Balaban J connectivity index is 2.46. The van der Waals surface area contributed by atoms with Crippen molar-refractivity contribution < 1.29 is 4.79 Å². The molecule has 0 aliphatic carbocycles. The predicted molar refractivity (Wildman–Crippen MR) is 56.8 cm³/mol. The maximum atomic E-state index is 11.2. The first kappa shape index (κ1) is 10.4. The second kappa shape index (κ2) is 4.50. The number of amides is 2. The lowest BCUT2D eigenvalue weighted by Gasteiger charge is -2.11. The van der Waals surface area contributed by atoms with E-state index >= 15 is 0 Å². The Hall–Kier alpha value is -1.71. The zero-order valence-electron chi connectivity index (χ0n) is 8.45. The number of benzene rings is 1. The Kier molecular flexibility index (Phi) is 3.34. The van der Waals surface area contributed by atoms with Gasteiger partial charge in [0.05, 0.1) is 0 Å². The fourth-order valence-corrected chi connectivity index (χ4v) is 0.971. The highest BCUT2D eigenvalue weighted by Gasteiger charge is 2.01. The molecule has 0 spiro atoms. The maximum absolute atomic E-state index is 11.2. The van der Waals surface area contributed by atoms with Gasteiger partial charge in [-0.05, 0) is 17.7 Å². The standard InChI is InChI=1S/C10H15N3O/c1-13(2)10(14)12-7-8-3-5-9(11)6-4-8/h3-6H,7,11H2,1-2H3,(H,12,14). The molecular weight excluding hydrogens is 178 g/mol. The van der Waals surface area contributed by atoms with Crippen molar-refractivity contribution in [1.82, 2.24) is 10.2 Å². The molecule has 3 N–H and O–H groups in total. The zero-order valence-corrected chi connectivity index (χ0v) is 8.45. The summed E-state index contributed by atoms with van der Waals surface area (Å²) >= 11 is 0. The summed E-state index contributed by atoms with van der Waals surface area (Å²) in [5.41, 5.74) is 7.30. The molecule has 4 heteroatoms. The number of carbonyl (C=O) groups excluding carboxylic acids is 1. The van der Waals surface area contributed by atoms with Gasteiger partial charge < -0.3 is 16.0 Å². The molecule has 0 fully saturated rings. The minimum absolute atomic E-state index is 0.0955. The number of nitrogens with one attached hydrogen (secondary N) is 1. The van der Waals surface area contributed by atoms with Crippen molar-refractivity contribution >= 4 is 11.7 Å². The van der Waals surface area contributed by atoms with E-state index in [0.717, 1.165) is 11.3 Å². The summed E-state index contributed by atoms with van der Waals surface area (Å²) in [6.07, 6.45) is 0. The number of hydrogen-bond acceptors (Lipinski definition) is 2. The molecule has 0 aliphatic heterocycles. The lowest BCUT2D eigenvalue weighted by molar-refractivity contribution is 0.217. The van der Waals surface area contributed by atoms with Crippen LogP contribution in [0.4, 0.5) is 10.5 Å². The molecule has 1 aromatic carbocycles. The fourth-order valence-electron chi connectivity index (χ4n) is 0.971. The number of nitrogens with zero attached hydrogens (tertiary/aromatic N) is 1. The number of anilines is 1. The van der Waals surface area contributed by atoms with Crippen LogP contribution in [0.3, 0.4) is 0 Å². The minimum atomic E-state index is -0.0955. The quantitative estimate of drug-likeness (QED) is 0.689. The summed E-state index contributed by atoms with van der Waals surface area (Å²) in [6.45, 7) is 0.525. The SMILES string of the molecule is CN(C)C(=O)NCc1ccc(N)cc1. The van der Waals surface area contributed by atoms with E-state index in [4.69, 9.17) is 5.73 Å². The summed E-state index contributed by atoms with van der Waals surface area (Å²) in [6, 6.07) is 7.33. The zero-order chi connectivity index (χ0) is 10.6. The average molecular weight is 193 g/mol. The molecule has 1 rings (SSSR count). The van der Waals surface area contributed by atoms with Gasteiger partial charge in [-0.25, -0.2) is 4.79 Å². The highest BCUT2D eigenvalue weighted by atomic mass is 16.2. The van der Waals surface area contributed by atoms with Gasteiger partial charge in [-0.15, -0.1) is 0 Å². The van der Waals surface area contributed by atoms with Crippen LogP contribution in [0.5, 0.6) is 0 Å². The third-order valence-electron chi connectivity index (χ3n) is 1.83. The third kappa shape index (κ3) is 2.97. The van der Waals surface area contributed by atoms with Gasteiger partial charge in [-0.3, -0.25) is 0 Å². The van der Waals surface area contributed by atoms with E-state index in [-0.39, 0.29) is 6.03 Å². The van der Waals surface area contributed by atoms with Crippen molar-refractivity contribution in [3.8, 4) is 0 Å². The molecule has 0 aliphatic rings. The van der Waals surface area contributed by atoms with Gasteiger partial charge in [-0.2, -0.15) is 0 Å². The molecule has 0 saturated carbocycles. The summed E-state index contributed by atoms with van der Waals surface area (Å²) in [7, 11) is 3.41. The summed E-state index contributed by atoms with van der Waals surface area (Å²) in [4.78, 5) is 12.7. The van der Waals surface area contributed by atoms with Crippen LogP contribution < -0.4 is 11.1 Å². The van der Waals surface area contributed by atoms with Crippen molar-refractivity contribution in [1.29, 1.82) is 0 Å². The number of rotatable bonds is 2. The van der Waals surface area contributed by atoms with Crippen molar-refractivity contribution in [2.75, 3.05) is 19.8 Å². The first-order valence-electron chi connectivity index (χ1n) is 4.39. The summed E-state index contributed by atoms with van der Waals surface area (Å²) in [5, 5.41) is 2.76. The van der Waals surface area contributed by atoms with E-state index in [1.165, 1.54) is 4.90 Å². The van der Waals surface area contributed by atoms with Crippen LogP contribution in [-0.2, 0) is 6.54 Å². The molecule has 0 saturated heterocycles. The van der Waals surface area contributed by atoms with E-state index in [2.05, 4.69) is 5.32 Å². The molecular formula is C10H15N3O. The molecule has 76 valence electrons. The highest BCUT2D eigenvalue weighted by Crippen LogP contribution is 2.04. The van der Waals surface area contributed by atoms with E-state index in [1.54, 1.807) is 14.1 Å². The topological polar surface area (TPSA) is 58.4 Å². The lowest BCUT2D eigenvalue weighted by Crippen LogP contribution is -2.33. The normalized spacial score (nSPS) is 9.57. The van der Waals surface area contributed by atoms with Gasteiger partial charge in [0.25, 0.3) is 0 Å². The Morgan fingerprint density at radius 2 is 1.93 bits per heavy atom. The maximum Gasteiger partial charge on any atom is 0.317 e. The lowest BCUT2D eigenvalue weighted by atomic mass is 10.2. The van der Waals surface area contributed by atoms with Gasteiger partial charge in [0.15, 0.2) is 0 Å². The number of nitrogen functional groups attached to an aromatic ring is 1. The van der Waals surface area contributed by atoms with Crippen LogP contribution in [0.25, 0.3) is 0 Å². The number of hydrogen-bond donors (Lipinski definition) is 2. The highest BCUT2D eigenvalue weighted by molar-refractivity contribution is 5.73. The fraction of sp³-hybridized carbons (Fsp3) is 0.300. The van der Waals surface area contributed by atoms with Gasteiger partial charge in [-0.1, -0.05) is 12.1 Å². The Morgan fingerprint density at radius 3 is 2.43 bits per heavy atom. The molecule has 0 aromatic heterocycles. The van der Waals surface area contributed by atoms with Crippen LogP contribution in [0.15, 0.2) is 24.3 Å². The molecule has 0 unspecified atom stereocenters. The van der Waals surface area contributed by atoms with Gasteiger partial charge in [0.2, 0.25) is 0 Å². The van der Waals surface area contributed by atoms with Crippen LogP contribution in [0.1, 0.15) is 5.56 Å². The average Bonchev–Trinajstić information content (AvgIpc) is 2.16. The Labute approximate surface area is 83.7 Å². The van der Waals surface area contributed by atoms with E-state index < -0.39 is 0 Å². The molecule has 0 bridgehead atoms. The monoisotopic (exact) mass is 193 g/mol. The number of carbonyl (C=O) groups is 1. The van der Waals surface area contributed by atoms with Crippen molar-refractivity contribution in [3.05, 3.63) is 29.8 Å². The van der Waals surface area contributed by atoms with Crippen LogP contribution in [0, 0.1) is 0 Å². The molecule has 2 amide bonds. The van der Waals surface area contributed by atoms with Gasteiger partial charge in [0, 0.05) is 26.3 Å². The molecule has 0 atom stereocenters. The predicted octanol–water partition coefficient (Wildman–Crippen LogP) is 1.04. The van der Waals surface area contributed by atoms with Gasteiger partial charge in [0.1, 0.15) is 0 Å². The van der Waals surface area contributed by atoms with Crippen molar-refractivity contribution in [2.24, 2.45) is 0 Å². The summed E-state index contributed by atoms with van der Waals surface area (Å²) < 4.78 is 0. The molecule has 14 heavy (non-hydrogen) atoms. The Morgan fingerprint density at radius 1 is 1.36 bits per heavy atom. The Bertz CT molecular complexity index is 306. The van der Waals surface area contributed by atoms with Crippen LogP contribution >= 0.6 is 0 Å². The van der Waals surface area contributed by atoms with E-state index in [9.17, 15) is 4.79 Å². The molecule has 4 nitrogen and oxygen atoms in total. The van der Waals surface area contributed by atoms with Crippen LogP contribution in [0.2, 0.25) is 0 Å². The second-order valence-electron chi connectivity index (χ2n) is 3.29. The molecule has 0 radical (unpaired) electrons. The first-order valence-corrected chi connectivity index (χ1v) is 4.39. The van der Waals surface area contributed by atoms with Crippen molar-refractivity contribution in [3.63, 3.8) is 0 Å². The largest absolute Gasteiger partial charge is 0.399 e. The van der Waals surface area contributed by atoms with Crippen LogP contribution in [-0.4, -0.2) is 25.0 Å². The van der Waals surface area contributed by atoms with Gasteiger partial charge >= 0.3 is 6.03 Å². The molecule has 1 aromatic rings. The van der Waals surface area contributed by atoms with Crippen molar-refractivity contribution in [2.45, 2.75) is 6.54 Å². The second-order valence-corrected chi connectivity index (χ2v) is 3.29.